The van der Waals surface area contributed by atoms with Gasteiger partial charge in [0.05, 0.1) is 18.6 Å². The first kappa shape index (κ1) is 21.3. The molecule has 3 aromatic heterocycles. The topological polar surface area (TPSA) is 84.4 Å². The standard InChI is InChI=1S/C20H19F3N4O3S/c21-20(22,23)16-10-17(27-7-1-2-8-27)26-19(25-16)31-12-14-5-6-15(30-14)18(28)24-11-13-4-3-9-29-13/h3-6,9-10H,1-2,7-8,11-12H2,(H,24,28). The third-order valence-corrected chi connectivity index (χ3v) is 5.51. The van der Waals surface area contributed by atoms with Gasteiger partial charge in [-0.05, 0) is 37.1 Å². The molecular weight excluding hydrogens is 433 g/mol. The summed E-state index contributed by atoms with van der Waals surface area (Å²) in [5.41, 5.74) is -0.968. The molecule has 31 heavy (non-hydrogen) atoms. The van der Waals surface area contributed by atoms with Gasteiger partial charge in [0.25, 0.3) is 5.91 Å². The number of alkyl halides is 3. The summed E-state index contributed by atoms with van der Waals surface area (Å²) < 4.78 is 50.5. The van der Waals surface area contributed by atoms with Crippen LogP contribution < -0.4 is 10.2 Å². The van der Waals surface area contributed by atoms with Crippen LogP contribution in [0.25, 0.3) is 0 Å². The van der Waals surface area contributed by atoms with E-state index in [1.807, 2.05) is 4.90 Å². The quantitative estimate of drug-likeness (QED) is 0.417. The Balaban J connectivity index is 1.41. The van der Waals surface area contributed by atoms with Crippen molar-refractivity contribution in [1.82, 2.24) is 15.3 Å². The fraction of sp³-hybridized carbons (Fsp3) is 0.350. The van der Waals surface area contributed by atoms with Crippen LogP contribution in [0.15, 0.2) is 50.6 Å². The van der Waals surface area contributed by atoms with Gasteiger partial charge >= 0.3 is 6.18 Å². The summed E-state index contributed by atoms with van der Waals surface area (Å²) in [4.78, 5) is 21.9. The second-order valence-electron chi connectivity index (χ2n) is 6.90. The first-order valence-corrected chi connectivity index (χ1v) is 10.6. The minimum Gasteiger partial charge on any atom is -0.467 e. The summed E-state index contributed by atoms with van der Waals surface area (Å²) in [5, 5.41) is 2.67. The largest absolute Gasteiger partial charge is 0.467 e. The van der Waals surface area contributed by atoms with Crippen molar-refractivity contribution in [2.45, 2.75) is 36.5 Å². The van der Waals surface area contributed by atoms with E-state index in [0.29, 0.717) is 24.6 Å². The maximum Gasteiger partial charge on any atom is 0.433 e. The first-order chi connectivity index (χ1) is 14.9. The van der Waals surface area contributed by atoms with Crippen molar-refractivity contribution in [2.24, 2.45) is 0 Å². The molecule has 0 aromatic carbocycles. The molecule has 3 aromatic rings. The Morgan fingerprint density at radius 3 is 2.68 bits per heavy atom. The number of amides is 1. The maximum absolute atomic E-state index is 13.3. The molecule has 0 atom stereocenters. The Morgan fingerprint density at radius 1 is 1.16 bits per heavy atom. The molecule has 4 rings (SSSR count). The van der Waals surface area contributed by atoms with Gasteiger partial charge in [0, 0.05) is 19.2 Å². The van der Waals surface area contributed by atoms with Crippen molar-refractivity contribution >= 4 is 23.5 Å². The zero-order valence-electron chi connectivity index (χ0n) is 16.3. The number of carbonyl (C=O) groups is 1. The minimum atomic E-state index is -4.56. The number of nitrogens with one attached hydrogen (secondary N) is 1. The summed E-state index contributed by atoms with van der Waals surface area (Å²) in [6.45, 7) is 1.56. The molecule has 0 radical (unpaired) electrons. The Kier molecular flexibility index (Phi) is 6.21. The van der Waals surface area contributed by atoms with E-state index in [2.05, 4.69) is 15.3 Å². The van der Waals surface area contributed by atoms with E-state index in [0.717, 1.165) is 30.7 Å². The first-order valence-electron chi connectivity index (χ1n) is 9.62. The molecule has 0 unspecified atom stereocenters. The van der Waals surface area contributed by atoms with E-state index >= 15 is 0 Å². The van der Waals surface area contributed by atoms with Crippen LogP contribution in [0.2, 0.25) is 0 Å². The molecule has 7 nitrogen and oxygen atoms in total. The van der Waals surface area contributed by atoms with Crippen molar-refractivity contribution in [1.29, 1.82) is 0 Å². The Morgan fingerprint density at radius 2 is 1.97 bits per heavy atom. The normalized spacial score (nSPS) is 14.2. The number of nitrogens with zero attached hydrogens (tertiary/aromatic N) is 3. The van der Waals surface area contributed by atoms with Crippen LogP contribution >= 0.6 is 11.8 Å². The van der Waals surface area contributed by atoms with Gasteiger partial charge < -0.3 is 19.1 Å². The van der Waals surface area contributed by atoms with Gasteiger partial charge in [-0.25, -0.2) is 9.97 Å². The highest BCUT2D eigenvalue weighted by Gasteiger charge is 2.34. The van der Waals surface area contributed by atoms with E-state index in [4.69, 9.17) is 8.83 Å². The van der Waals surface area contributed by atoms with Crippen molar-refractivity contribution in [2.75, 3.05) is 18.0 Å². The smallest absolute Gasteiger partial charge is 0.433 e. The number of carbonyl (C=O) groups excluding carboxylic acids is 1. The molecule has 164 valence electrons. The summed E-state index contributed by atoms with van der Waals surface area (Å²) >= 11 is 1.02. The summed E-state index contributed by atoms with van der Waals surface area (Å²) in [7, 11) is 0. The third kappa shape index (κ3) is 5.40. The van der Waals surface area contributed by atoms with E-state index < -0.39 is 17.8 Å². The summed E-state index contributed by atoms with van der Waals surface area (Å²) in [6, 6.07) is 7.55. The lowest BCUT2D eigenvalue weighted by atomic mass is 10.3. The molecule has 1 aliphatic rings. The number of hydrogen-bond acceptors (Lipinski definition) is 7. The number of aromatic nitrogens is 2. The van der Waals surface area contributed by atoms with Gasteiger partial charge in [-0.3, -0.25) is 4.79 Å². The SMILES string of the molecule is O=C(NCc1ccco1)c1ccc(CSc2nc(N3CCCC3)cc(C(F)(F)F)n2)o1. The second-order valence-corrected chi connectivity index (χ2v) is 7.85. The molecule has 0 aliphatic carbocycles. The van der Waals surface area contributed by atoms with Crippen LogP contribution in [0.4, 0.5) is 19.0 Å². The molecule has 0 spiro atoms. The van der Waals surface area contributed by atoms with Crippen molar-refractivity contribution in [3.8, 4) is 0 Å². The second kappa shape index (κ2) is 9.04. The van der Waals surface area contributed by atoms with Crippen LogP contribution in [0.3, 0.4) is 0 Å². The van der Waals surface area contributed by atoms with Crippen molar-refractivity contribution in [3.05, 3.63) is 59.6 Å². The number of halogens is 3. The summed E-state index contributed by atoms with van der Waals surface area (Å²) in [6.07, 6.45) is -1.21. The molecule has 1 aliphatic heterocycles. The monoisotopic (exact) mass is 452 g/mol. The average molecular weight is 452 g/mol. The lowest BCUT2D eigenvalue weighted by Gasteiger charge is -2.18. The summed E-state index contributed by atoms with van der Waals surface area (Å²) in [5.74, 6) is 1.18. The lowest BCUT2D eigenvalue weighted by molar-refractivity contribution is -0.141. The Bertz CT molecular complexity index is 1030. The molecule has 0 saturated carbocycles. The molecule has 1 N–H and O–H groups in total. The average Bonchev–Trinajstić information content (AvgIpc) is 3.52. The molecular formula is C20H19F3N4O3S. The van der Waals surface area contributed by atoms with Gasteiger partial charge in [0.1, 0.15) is 17.3 Å². The van der Waals surface area contributed by atoms with Crippen LogP contribution in [0, 0.1) is 0 Å². The molecule has 1 saturated heterocycles. The van der Waals surface area contributed by atoms with E-state index in [9.17, 15) is 18.0 Å². The van der Waals surface area contributed by atoms with E-state index in [1.165, 1.54) is 12.3 Å². The van der Waals surface area contributed by atoms with Crippen molar-refractivity contribution in [3.63, 3.8) is 0 Å². The predicted octanol–water partition coefficient (Wildman–Crippen LogP) is 4.50. The highest BCUT2D eigenvalue weighted by molar-refractivity contribution is 7.98. The number of rotatable bonds is 7. The number of thioether (sulfide) groups is 1. The van der Waals surface area contributed by atoms with Gasteiger partial charge in [0.2, 0.25) is 0 Å². The zero-order chi connectivity index (χ0) is 21.8. The van der Waals surface area contributed by atoms with Gasteiger partial charge in [-0.15, -0.1) is 0 Å². The molecule has 11 heteroatoms. The third-order valence-electron chi connectivity index (χ3n) is 4.64. The fourth-order valence-electron chi connectivity index (χ4n) is 3.11. The molecule has 1 fully saturated rings. The van der Waals surface area contributed by atoms with Crippen LogP contribution in [0.5, 0.6) is 0 Å². The van der Waals surface area contributed by atoms with Crippen LogP contribution in [-0.4, -0.2) is 29.0 Å². The van der Waals surface area contributed by atoms with Gasteiger partial charge in [-0.2, -0.15) is 13.2 Å². The highest BCUT2D eigenvalue weighted by Crippen LogP contribution is 2.33. The maximum atomic E-state index is 13.3. The van der Waals surface area contributed by atoms with Gasteiger partial charge in [0.15, 0.2) is 16.6 Å². The van der Waals surface area contributed by atoms with Crippen LogP contribution in [-0.2, 0) is 18.5 Å². The molecule has 0 bridgehead atoms. The Labute approximate surface area is 180 Å². The van der Waals surface area contributed by atoms with Crippen LogP contribution in [0.1, 0.15) is 40.6 Å². The molecule has 4 heterocycles. The fourth-order valence-corrected chi connectivity index (χ4v) is 3.86. The zero-order valence-corrected chi connectivity index (χ0v) is 17.1. The van der Waals surface area contributed by atoms with E-state index in [-0.39, 0.29) is 29.0 Å². The molecule has 1 amide bonds. The number of anilines is 1. The van der Waals surface area contributed by atoms with Gasteiger partial charge in [-0.1, -0.05) is 11.8 Å². The van der Waals surface area contributed by atoms with Crippen molar-refractivity contribution < 1.29 is 26.8 Å². The predicted molar refractivity (Wildman–Crippen MR) is 107 cm³/mol. The Hall–Kier alpha value is -2.95. The minimum absolute atomic E-state index is 0.0111. The number of furan rings is 2. The lowest BCUT2D eigenvalue weighted by Crippen LogP contribution is -2.21. The van der Waals surface area contributed by atoms with E-state index in [1.54, 1.807) is 18.2 Å². The number of hydrogen-bond donors (Lipinski definition) is 1. The highest BCUT2D eigenvalue weighted by atomic mass is 32.2.